The van der Waals surface area contributed by atoms with Gasteiger partial charge in [0.1, 0.15) is 0 Å². The van der Waals surface area contributed by atoms with Crippen molar-refractivity contribution in [3.8, 4) is 0 Å². The number of benzene rings is 1. The van der Waals surface area contributed by atoms with Gasteiger partial charge in [-0.05, 0) is 24.8 Å². The van der Waals surface area contributed by atoms with Gasteiger partial charge in [-0.1, -0.05) is 30.3 Å². The van der Waals surface area contributed by atoms with E-state index >= 15 is 0 Å². The zero-order valence-electron chi connectivity index (χ0n) is 11.5. The maximum Gasteiger partial charge on any atom is 0.220 e. The Balaban J connectivity index is 2.23. The summed E-state index contributed by atoms with van der Waals surface area (Å²) in [6.07, 6.45) is 2.76. The molecule has 1 rings (SSSR count). The maximum absolute atomic E-state index is 11.7. The molecule has 4 heteroatoms. The molecule has 1 atom stereocenters. The minimum Gasteiger partial charge on any atom is -0.396 e. The van der Waals surface area contributed by atoms with E-state index in [1.54, 1.807) is 7.11 Å². The Morgan fingerprint density at radius 1 is 1.37 bits per heavy atom. The third-order valence-electron chi connectivity index (χ3n) is 2.92. The number of ether oxygens (including phenoxy) is 1. The van der Waals surface area contributed by atoms with Crippen LogP contribution in [0.3, 0.4) is 0 Å². The van der Waals surface area contributed by atoms with Gasteiger partial charge in [-0.3, -0.25) is 4.79 Å². The fraction of sp³-hybridized carbons (Fsp3) is 0.533. The van der Waals surface area contributed by atoms with Crippen molar-refractivity contribution in [3.05, 3.63) is 35.9 Å². The molecule has 0 aliphatic heterocycles. The predicted octanol–water partition coefficient (Wildman–Crippen LogP) is 1.52. The van der Waals surface area contributed by atoms with Crippen LogP contribution in [0.1, 0.15) is 24.8 Å². The lowest BCUT2D eigenvalue weighted by Crippen LogP contribution is -2.38. The number of aryl methyl sites for hydroxylation is 1. The Morgan fingerprint density at radius 2 is 2.11 bits per heavy atom. The van der Waals surface area contributed by atoms with E-state index in [2.05, 4.69) is 17.4 Å². The van der Waals surface area contributed by atoms with Crippen LogP contribution in [0.4, 0.5) is 0 Å². The fourth-order valence-corrected chi connectivity index (χ4v) is 1.95. The molecule has 0 unspecified atom stereocenters. The summed E-state index contributed by atoms with van der Waals surface area (Å²) in [5, 5.41) is 11.8. The monoisotopic (exact) mass is 265 g/mol. The highest BCUT2D eigenvalue weighted by Gasteiger charge is 2.11. The molecule has 0 fully saturated rings. The molecule has 0 aliphatic rings. The van der Waals surface area contributed by atoms with Crippen molar-refractivity contribution < 1.29 is 14.6 Å². The van der Waals surface area contributed by atoms with Gasteiger partial charge in [0.25, 0.3) is 0 Å². The van der Waals surface area contributed by atoms with Gasteiger partial charge in [0.2, 0.25) is 5.91 Å². The van der Waals surface area contributed by atoms with Gasteiger partial charge in [-0.2, -0.15) is 0 Å². The van der Waals surface area contributed by atoms with E-state index in [-0.39, 0.29) is 18.6 Å². The molecule has 0 saturated heterocycles. The van der Waals surface area contributed by atoms with Crippen molar-refractivity contribution in [2.24, 2.45) is 0 Å². The van der Waals surface area contributed by atoms with Crippen LogP contribution in [0.15, 0.2) is 30.3 Å². The number of carbonyl (C=O) groups is 1. The predicted molar refractivity (Wildman–Crippen MR) is 74.9 cm³/mol. The zero-order chi connectivity index (χ0) is 13.9. The molecule has 106 valence electrons. The molecule has 4 nitrogen and oxygen atoms in total. The van der Waals surface area contributed by atoms with Crippen LogP contribution >= 0.6 is 0 Å². The third kappa shape index (κ3) is 6.94. The molecule has 0 heterocycles. The second-order valence-electron chi connectivity index (χ2n) is 4.57. The molecule has 19 heavy (non-hydrogen) atoms. The number of aliphatic hydroxyl groups is 1. The Morgan fingerprint density at radius 3 is 2.74 bits per heavy atom. The number of hydrogen-bond donors (Lipinski definition) is 2. The van der Waals surface area contributed by atoms with Gasteiger partial charge >= 0.3 is 0 Å². The van der Waals surface area contributed by atoms with E-state index in [0.29, 0.717) is 19.4 Å². The lowest BCUT2D eigenvalue weighted by atomic mass is 10.1. The first-order valence-corrected chi connectivity index (χ1v) is 6.69. The Bertz CT molecular complexity index is 348. The minimum atomic E-state index is -0.0979. The Hall–Kier alpha value is -1.39. The maximum atomic E-state index is 11.7. The molecule has 0 spiro atoms. The van der Waals surface area contributed by atoms with Crippen molar-refractivity contribution in [1.82, 2.24) is 5.32 Å². The van der Waals surface area contributed by atoms with Gasteiger partial charge in [-0.25, -0.2) is 0 Å². The first-order valence-electron chi connectivity index (χ1n) is 6.69. The number of carbonyl (C=O) groups excluding carboxylic acids is 1. The number of nitrogens with one attached hydrogen (secondary N) is 1. The van der Waals surface area contributed by atoms with Gasteiger partial charge in [0, 0.05) is 20.1 Å². The second-order valence-corrected chi connectivity index (χ2v) is 4.57. The molecular formula is C15H23NO3. The number of amides is 1. The molecule has 0 bridgehead atoms. The van der Waals surface area contributed by atoms with Crippen molar-refractivity contribution in [3.63, 3.8) is 0 Å². The summed E-state index contributed by atoms with van der Waals surface area (Å²) in [4.78, 5) is 11.7. The SMILES string of the molecule is COC[C@@H](CCO)NC(=O)CCCc1ccccc1. The van der Waals surface area contributed by atoms with Crippen molar-refractivity contribution in [1.29, 1.82) is 0 Å². The van der Waals surface area contributed by atoms with E-state index in [1.165, 1.54) is 5.56 Å². The topological polar surface area (TPSA) is 58.6 Å². The number of hydrogen-bond acceptors (Lipinski definition) is 3. The quantitative estimate of drug-likeness (QED) is 0.712. The summed E-state index contributed by atoms with van der Waals surface area (Å²) in [5.74, 6) is 0.0198. The minimum absolute atomic E-state index is 0.0198. The first-order chi connectivity index (χ1) is 9.26. The summed E-state index contributed by atoms with van der Waals surface area (Å²) in [7, 11) is 1.59. The second kappa shape index (κ2) is 9.53. The van der Waals surface area contributed by atoms with E-state index in [1.807, 2.05) is 18.2 Å². The van der Waals surface area contributed by atoms with Gasteiger partial charge in [-0.15, -0.1) is 0 Å². The molecular weight excluding hydrogens is 242 g/mol. The molecule has 1 aromatic rings. The first kappa shape index (κ1) is 15.7. The van der Waals surface area contributed by atoms with E-state index in [4.69, 9.17) is 9.84 Å². The molecule has 0 radical (unpaired) electrons. The third-order valence-corrected chi connectivity index (χ3v) is 2.92. The van der Waals surface area contributed by atoms with Crippen molar-refractivity contribution >= 4 is 5.91 Å². The molecule has 1 aromatic carbocycles. The summed E-state index contributed by atoms with van der Waals surface area (Å²) < 4.78 is 5.01. The highest BCUT2D eigenvalue weighted by molar-refractivity contribution is 5.76. The molecule has 0 aliphatic carbocycles. The normalized spacial score (nSPS) is 12.1. The van der Waals surface area contributed by atoms with Crippen LogP contribution in [0.5, 0.6) is 0 Å². The Labute approximate surface area is 114 Å². The molecule has 2 N–H and O–H groups in total. The van der Waals surface area contributed by atoms with E-state index < -0.39 is 0 Å². The van der Waals surface area contributed by atoms with Gasteiger partial charge < -0.3 is 15.2 Å². The molecule has 1 amide bonds. The van der Waals surface area contributed by atoms with Crippen LogP contribution in [0.25, 0.3) is 0 Å². The summed E-state index contributed by atoms with van der Waals surface area (Å²) >= 11 is 0. The smallest absolute Gasteiger partial charge is 0.220 e. The lowest BCUT2D eigenvalue weighted by molar-refractivity contribution is -0.122. The average Bonchev–Trinajstić information content (AvgIpc) is 2.40. The van der Waals surface area contributed by atoms with Crippen LogP contribution in [-0.4, -0.2) is 37.4 Å². The van der Waals surface area contributed by atoms with Crippen molar-refractivity contribution in [2.45, 2.75) is 31.7 Å². The fourth-order valence-electron chi connectivity index (χ4n) is 1.95. The van der Waals surface area contributed by atoms with Gasteiger partial charge in [0.05, 0.1) is 12.6 Å². The van der Waals surface area contributed by atoms with Crippen molar-refractivity contribution in [2.75, 3.05) is 20.3 Å². The summed E-state index contributed by atoms with van der Waals surface area (Å²) in [5.41, 5.74) is 1.25. The van der Waals surface area contributed by atoms with Crippen LogP contribution in [0, 0.1) is 0 Å². The standard InChI is InChI=1S/C15H23NO3/c1-19-12-14(10-11-17)16-15(18)9-5-8-13-6-3-2-4-7-13/h2-4,6-7,14,17H,5,8-12H2,1H3,(H,16,18)/t14-/m1/s1. The summed E-state index contributed by atoms with van der Waals surface area (Å²) in [6, 6.07) is 10.0. The van der Waals surface area contributed by atoms with Crippen LogP contribution < -0.4 is 5.32 Å². The van der Waals surface area contributed by atoms with E-state index in [9.17, 15) is 4.79 Å². The van der Waals surface area contributed by atoms with E-state index in [0.717, 1.165) is 12.8 Å². The lowest BCUT2D eigenvalue weighted by Gasteiger charge is -2.16. The largest absolute Gasteiger partial charge is 0.396 e. The van der Waals surface area contributed by atoms with Gasteiger partial charge in [0.15, 0.2) is 0 Å². The number of aliphatic hydroxyl groups excluding tert-OH is 1. The highest BCUT2D eigenvalue weighted by atomic mass is 16.5. The molecule has 0 saturated carbocycles. The highest BCUT2D eigenvalue weighted by Crippen LogP contribution is 2.04. The number of rotatable bonds is 9. The van der Waals surface area contributed by atoms with Crippen LogP contribution in [-0.2, 0) is 16.0 Å². The summed E-state index contributed by atoms with van der Waals surface area (Å²) in [6.45, 7) is 0.489. The average molecular weight is 265 g/mol. The zero-order valence-corrected chi connectivity index (χ0v) is 11.5. The van der Waals surface area contributed by atoms with Crippen LogP contribution in [0.2, 0.25) is 0 Å². The molecule has 0 aromatic heterocycles. The Kier molecular flexibility index (Phi) is 7.86. The number of methoxy groups -OCH3 is 1.